The highest BCUT2D eigenvalue weighted by Crippen LogP contribution is 2.34. The Morgan fingerprint density at radius 3 is 2.81 bits per heavy atom. The van der Waals surface area contributed by atoms with Crippen LogP contribution < -0.4 is 5.32 Å². The van der Waals surface area contributed by atoms with E-state index in [0.29, 0.717) is 12.2 Å². The first kappa shape index (κ1) is 16.9. The fraction of sp³-hybridized carbons (Fsp3) is 0.769. The summed E-state index contributed by atoms with van der Waals surface area (Å²) in [5.41, 5.74) is 1.04. The molecule has 120 valence electrons. The van der Waals surface area contributed by atoms with Gasteiger partial charge in [0.2, 0.25) is 0 Å². The van der Waals surface area contributed by atoms with Crippen LogP contribution in [0.4, 0.5) is 0 Å². The Bertz CT molecular complexity index is 585. The molecule has 1 N–H and O–H groups in total. The molecule has 0 saturated carbocycles. The van der Waals surface area contributed by atoms with Crippen LogP contribution in [-0.2, 0) is 16.4 Å². The molecule has 1 fully saturated rings. The molecule has 2 atom stereocenters. The third-order valence-corrected chi connectivity index (χ3v) is 6.34. The number of nitrogens with zero attached hydrogens (tertiary/aromatic N) is 3. The highest BCUT2D eigenvalue weighted by atomic mass is 79.9. The van der Waals surface area contributed by atoms with Gasteiger partial charge < -0.3 is 10.2 Å². The highest BCUT2D eigenvalue weighted by Gasteiger charge is 2.36. The fourth-order valence-electron chi connectivity index (χ4n) is 2.84. The first-order chi connectivity index (χ1) is 9.84. The highest BCUT2D eigenvalue weighted by molar-refractivity contribution is 9.10. The second-order valence-corrected chi connectivity index (χ2v) is 8.92. The average molecular weight is 379 g/mol. The lowest BCUT2D eigenvalue weighted by Gasteiger charge is -2.24. The van der Waals surface area contributed by atoms with Crippen LogP contribution in [-0.4, -0.2) is 62.3 Å². The van der Waals surface area contributed by atoms with E-state index in [2.05, 4.69) is 31.2 Å². The second-order valence-electron chi connectivity index (χ2n) is 5.83. The molecule has 2 heterocycles. The second kappa shape index (κ2) is 6.76. The van der Waals surface area contributed by atoms with E-state index in [9.17, 15) is 8.42 Å². The van der Waals surface area contributed by atoms with Crippen LogP contribution in [0.15, 0.2) is 10.7 Å². The van der Waals surface area contributed by atoms with Gasteiger partial charge in [-0.1, -0.05) is 0 Å². The summed E-state index contributed by atoms with van der Waals surface area (Å²) in [5, 5.41) is 7.70. The van der Waals surface area contributed by atoms with Gasteiger partial charge in [0, 0.05) is 6.54 Å². The van der Waals surface area contributed by atoms with Crippen LogP contribution >= 0.6 is 15.9 Å². The molecule has 0 amide bonds. The van der Waals surface area contributed by atoms with Crippen LogP contribution in [0.3, 0.4) is 0 Å². The number of sulfone groups is 1. The summed E-state index contributed by atoms with van der Waals surface area (Å²) < 4.78 is 26.4. The largest absolute Gasteiger partial charge is 0.311 e. The molecule has 1 aliphatic rings. The van der Waals surface area contributed by atoms with Crippen LogP contribution in [0.25, 0.3) is 0 Å². The van der Waals surface area contributed by atoms with Crippen molar-refractivity contribution in [3.05, 3.63) is 16.4 Å². The van der Waals surface area contributed by atoms with Gasteiger partial charge in [0.15, 0.2) is 9.84 Å². The zero-order valence-corrected chi connectivity index (χ0v) is 15.1. The lowest BCUT2D eigenvalue weighted by atomic mass is 9.96. The summed E-state index contributed by atoms with van der Waals surface area (Å²) in [7, 11) is 3.04. The topological polar surface area (TPSA) is 67.2 Å². The van der Waals surface area contributed by atoms with Gasteiger partial charge in [0.25, 0.3) is 0 Å². The Kier molecular flexibility index (Phi) is 5.45. The molecular formula is C13H23BrN4O2S. The number of nitrogens with one attached hydrogen (secondary N) is 1. The van der Waals surface area contributed by atoms with E-state index in [1.807, 2.05) is 25.8 Å². The van der Waals surface area contributed by atoms with Gasteiger partial charge in [-0.15, -0.1) is 0 Å². The quantitative estimate of drug-likeness (QED) is 0.796. The van der Waals surface area contributed by atoms with E-state index >= 15 is 0 Å². The molecule has 0 radical (unpaired) electrons. The molecule has 0 bridgehead atoms. The van der Waals surface area contributed by atoms with Gasteiger partial charge in [-0.05, 0) is 49.4 Å². The molecule has 1 aromatic rings. The first-order valence-corrected chi connectivity index (χ1v) is 9.69. The Morgan fingerprint density at radius 1 is 1.57 bits per heavy atom. The molecule has 21 heavy (non-hydrogen) atoms. The Labute approximate surface area is 134 Å². The zero-order valence-electron chi connectivity index (χ0n) is 12.7. The molecular weight excluding hydrogens is 356 g/mol. The lowest BCUT2D eigenvalue weighted by Crippen LogP contribution is -2.30. The van der Waals surface area contributed by atoms with Crippen LogP contribution in [0, 0.1) is 5.92 Å². The van der Waals surface area contributed by atoms with Gasteiger partial charge in [0.05, 0.1) is 40.5 Å². The van der Waals surface area contributed by atoms with Crippen molar-refractivity contribution in [1.82, 2.24) is 20.0 Å². The molecule has 0 aliphatic carbocycles. The van der Waals surface area contributed by atoms with Crippen molar-refractivity contribution in [2.24, 2.45) is 5.92 Å². The third kappa shape index (κ3) is 4.06. The molecule has 0 aromatic carbocycles. The molecule has 1 saturated heterocycles. The van der Waals surface area contributed by atoms with Crippen LogP contribution in [0.1, 0.15) is 18.2 Å². The number of hydrogen-bond donors (Lipinski definition) is 1. The normalized spacial score (nSPS) is 22.8. The van der Waals surface area contributed by atoms with Crippen molar-refractivity contribution in [1.29, 1.82) is 0 Å². The minimum absolute atomic E-state index is 0.00122. The third-order valence-electron chi connectivity index (χ3n) is 3.94. The molecule has 1 aromatic heterocycles. The average Bonchev–Trinajstić information content (AvgIpc) is 2.93. The minimum Gasteiger partial charge on any atom is -0.311 e. The lowest BCUT2D eigenvalue weighted by molar-refractivity contribution is 0.345. The van der Waals surface area contributed by atoms with Gasteiger partial charge in [-0.25, -0.2) is 8.42 Å². The zero-order chi connectivity index (χ0) is 15.6. The summed E-state index contributed by atoms with van der Waals surface area (Å²) in [6.45, 7) is 1.67. The van der Waals surface area contributed by atoms with Crippen molar-refractivity contribution in [3.63, 3.8) is 0 Å². The van der Waals surface area contributed by atoms with E-state index in [0.717, 1.165) is 23.3 Å². The number of rotatable bonds is 6. The maximum Gasteiger partial charge on any atom is 0.150 e. The SMILES string of the molecule is CNC(c1c(Br)cnn1CCN(C)C)C1CCS(=O)(=O)C1. The molecule has 2 rings (SSSR count). The maximum absolute atomic E-state index is 11.7. The smallest absolute Gasteiger partial charge is 0.150 e. The maximum atomic E-state index is 11.7. The van der Waals surface area contributed by atoms with Crippen LogP contribution in [0.2, 0.25) is 0 Å². The Morgan fingerprint density at radius 2 is 2.29 bits per heavy atom. The van der Waals surface area contributed by atoms with E-state index in [-0.39, 0.29) is 17.7 Å². The standard InChI is InChI=1S/C13H23BrN4O2S/c1-15-12(10-4-7-21(19,20)9-10)13-11(14)8-16-18(13)6-5-17(2)3/h8,10,12,15H,4-7,9H2,1-3H3. The van der Waals surface area contributed by atoms with E-state index < -0.39 is 9.84 Å². The summed E-state index contributed by atoms with van der Waals surface area (Å²) >= 11 is 3.55. The van der Waals surface area contributed by atoms with Gasteiger partial charge in [0.1, 0.15) is 0 Å². The predicted octanol–water partition coefficient (Wildman–Crippen LogP) is 0.902. The molecule has 6 nitrogen and oxygen atoms in total. The monoisotopic (exact) mass is 378 g/mol. The summed E-state index contributed by atoms with van der Waals surface area (Å²) in [6.07, 6.45) is 2.50. The van der Waals surface area contributed by atoms with Crippen LogP contribution in [0.5, 0.6) is 0 Å². The number of halogens is 1. The van der Waals surface area contributed by atoms with Crippen molar-refractivity contribution >= 4 is 25.8 Å². The summed E-state index contributed by atoms with van der Waals surface area (Å²) in [5.74, 6) is 0.648. The van der Waals surface area contributed by atoms with E-state index in [1.54, 1.807) is 6.20 Å². The van der Waals surface area contributed by atoms with Crippen molar-refractivity contribution in [2.75, 3.05) is 39.2 Å². The Hall–Kier alpha value is -0.440. The predicted molar refractivity (Wildman–Crippen MR) is 87.0 cm³/mol. The molecule has 1 aliphatic heterocycles. The van der Waals surface area contributed by atoms with E-state index in [4.69, 9.17) is 0 Å². The Balaban J connectivity index is 2.23. The summed E-state index contributed by atoms with van der Waals surface area (Å²) in [4.78, 5) is 2.10. The molecule has 8 heteroatoms. The summed E-state index contributed by atoms with van der Waals surface area (Å²) in [6, 6.07) is 0.00122. The first-order valence-electron chi connectivity index (χ1n) is 7.07. The van der Waals surface area contributed by atoms with Crippen molar-refractivity contribution in [2.45, 2.75) is 19.0 Å². The van der Waals surface area contributed by atoms with Gasteiger partial charge in [-0.2, -0.15) is 5.10 Å². The van der Waals surface area contributed by atoms with Crippen molar-refractivity contribution < 1.29 is 8.42 Å². The fourth-order valence-corrected chi connectivity index (χ4v) is 5.22. The van der Waals surface area contributed by atoms with Gasteiger partial charge >= 0.3 is 0 Å². The van der Waals surface area contributed by atoms with E-state index in [1.165, 1.54) is 0 Å². The molecule has 0 spiro atoms. The number of aromatic nitrogens is 2. The van der Waals surface area contributed by atoms with Gasteiger partial charge in [-0.3, -0.25) is 4.68 Å². The number of likely N-dealkylation sites (N-methyl/N-ethyl adjacent to an activating group) is 1. The number of hydrogen-bond acceptors (Lipinski definition) is 5. The van der Waals surface area contributed by atoms with Crippen molar-refractivity contribution in [3.8, 4) is 0 Å². The minimum atomic E-state index is -2.89. The molecule has 2 unspecified atom stereocenters.